The number of carbonyl (C=O) groups is 1. The molecule has 0 saturated heterocycles. The van der Waals surface area contributed by atoms with Crippen LogP contribution in [0.1, 0.15) is 5.56 Å². The molecule has 1 amide bonds. The molecule has 3 nitrogen and oxygen atoms in total. The summed E-state index contributed by atoms with van der Waals surface area (Å²) in [5.74, 6) is -2.26. The third-order valence-corrected chi connectivity index (χ3v) is 3.44. The van der Waals surface area contributed by atoms with E-state index in [1.165, 1.54) is 6.07 Å². The van der Waals surface area contributed by atoms with Crippen LogP contribution in [0.5, 0.6) is 0 Å². The fraction of sp³-hybridized carbons (Fsp3) is 0.0714. The number of rotatable bonds is 3. The van der Waals surface area contributed by atoms with Gasteiger partial charge in [0.25, 0.3) is 0 Å². The molecule has 0 aliphatic heterocycles. The quantitative estimate of drug-likeness (QED) is 0.834. The summed E-state index contributed by atoms with van der Waals surface area (Å²) >= 11 is 11.6. The van der Waals surface area contributed by atoms with E-state index in [4.69, 9.17) is 28.9 Å². The van der Waals surface area contributed by atoms with Crippen molar-refractivity contribution in [3.8, 4) is 0 Å². The molecule has 0 bridgehead atoms. The summed E-state index contributed by atoms with van der Waals surface area (Å²) in [6.07, 6.45) is -0.0485. The van der Waals surface area contributed by atoms with Crippen molar-refractivity contribution in [1.29, 1.82) is 0 Å². The molecule has 0 saturated carbocycles. The summed E-state index contributed by atoms with van der Waals surface area (Å²) < 4.78 is 26.5. The first-order valence-corrected chi connectivity index (χ1v) is 6.60. The third-order valence-electron chi connectivity index (χ3n) is 2.70. The fourth-order valence-electron chi connectivity index (χ4n) is 1.74. The van der Waals surface area contributed by atoms with Gasteiger partial charge in [-0.2, -0.15) is 0 Å². The molecule has 0 aliphatic carbocycles. The summed E-state index contributed by atoms with van der Waals surface area (Å²) in [6.45, 7) is 0. The van der Waals surface area contributed by atoms with Crippen molar-refractivity contribution in [3.05, 3.63) is 57.6 Å². The van der Waals surface area contributed by atoms with Gasteiger partial charge in [-0.15, -0.1) is 0 Å². The SMILES string of the molecule is Nc1cc(F)cc(F)c1NC(=O)Cc1ccc(Cl)c(Cl)c1. The number of nitrogens with two attached hydrogens (primary N) is 1. The molecule has 0 radical (unpaired) electrons. The zero-order chi connectivity index (χ0) is 15.6. The highest BCUT2D eigenvalue weighted by atomic mass is 35.5. The summed E-state index contributed by atoms with van der Waals surface area (Å²) in [5, 5.41) is 2.99. The lowest BCUT2D eigenvalue weighted by Gasteiger charge is -2.10. The van der Waals surface area contributed by atoms with Crippen LogP contribution in [0.15, 0.2) is 30.3 Å². The monoisotopic (exact) mass is 330 g/mol. The van der Waals surface area contributed by atoms with Crippen LogP contribution in [0.2, 0.25) is 10.0 Å². The zero-order valence-corrected chi connectivity index (χ0v) is 12.1. The van der Waals surface area contributed by atoms with E-state index < -0.39 is 17.5 Å². The Kier molecular flexibility index (Phi) is 4.65. The van der Waals surface area contributed by atoms with Crippen LogP contribution in [-0.2, 0) is 11.2 Å². The van der Waals surface area contributed by atoms with E-state index in [0.717, 1.165) is 6.07 Å². The molecule has 2 aromatic carbocycles. The average molecular weight is 331 g/mol. The molecule has 2 rings (SSSR count). The lowest BCUT2D eigenvalue weighted by atomic mass is 10.1. The summed E-state index contributed by atoms with van der Waals surface area (Å²) in [6, 6.07) is 6.29. The molecule has 7 heteroatoms. The van der Waals surface area contributed by atoms with E-state index in [1.54, 1.807) is 12.1 Å². The normalized spacial score (nSPS) is 10.5. The zero-order valence-electron chi connectivity index (χ0n) is 10.6. The maximum atomic E-state index is 13.6. The smallest absolute Gasteiger partial charge is 0.228 e. The standard InChI is InChI=1S/C14H10Cl2F2N2O/c15-9-2-1-7(3-10(9)16)4-13(21)20-14-11(18)5-8(17)6-12(14)19/h1-3,5-6H,4,19H2,(H,20,21). The maximum Gasteiger partial charge on any atom is 0.228 e. The van der Waals surface area contributed by atoms with Gasteiger partial charge in [0.05, 0.1) is 22.2 Å². The van der Waals surface area contributed by atoms with Gasteiger partial charge in [-0.1, -0.05) is 29.3 Å². The first-order valence-electron chi connectivity index (χ1n) is 5.85. The Bertz CT molecular complexity index is 684. The van der Waals surface area contributed by atoms with Crippen molar-refractivity contribution in [2.24, 2.45) is 0 Å². The van der Waals surface area contributed by atoms with E-state index in [2.05, 4.69) is 5.32 Å². The van der Waals surface area contributed by atoms with E-state index in [0.29, 0.717) is 21.7 Å². The average Bonchev–Trinajstić information content (AvgIpc) is 2.38. The topological polar surface area (TPSA) is 55.1 Å². The Hall–Kier alpha value is -1.85. The lowest BCUT2D eigenvalue weighted by molar-refractivity contribution is -0.115. The Labute approximate surface area is 129 Å². The predicted molar refractivity (Wildman–Crippen MR) is 79.6 cm³/mol. The molecule has 0 aliphatic rings. The van der Waals surface area contributed by atoms with Crippen molar-refractivity contribution in [1.82, 2.24) is 0 Å². The van der Waals surface area contributed by atoms with Crippen LogP contribution in [0.3, 0.4) is 0 Å². The summed E-state index contributed by atoms with van der Waals surface area (Å²) in [7, 11) is 0. The number of nitrogen functional groups attached to an aromatic ring is 1. The Morgan fingerprint density at radius 1 is 1.14 bits per heavy atom. The van der Waals surface area contributed by atoms with E-state index >= 15 is 0 Å². The molecular formula is C14H10Cl2F2N2O. The molecule has 3 N–H and O–H groups in total. The number of halogens is 4. The second-order valence-corrected chi connectivity index (χ2v) is 5.14. The number of hydrogen-bond acceptors (Lipinski definition) is 2. The second-order valence-electron chi connectivity index (χ2n) is 4.33. The Morgan fingerprint density at radius 3 is 2.48 bits per heavy atom. The molecule has 21 heavy (non-hydrogen) atoms. The van der Waals surface area contributed by atoms with Gasteiger partial charge in [0.15, 0.2) is 5.82 Å². The van der Waals surface area contributed by atoms with Gasteiger partial charge in [-0.05, 0) is 23.8 Å². The highest BCUT2D eigenvalue weighted by molar-refractivity contribution is 6.42. The minimum Gasteiger partial charge on any atom is -0.397 e. The molecular weight excluding hydrogens is 321 g/mol. The minimum atomic E-state index is -0.935. The molecule has 0 heterocycles. The molecule has 0 aromatic heterocycles. The van der Waals surface area contributed by atoms with Crippen molar-refractivity contribution < 1.29 is 13.6 Å². The van der Waals surface area contributed by atoms with Gasteiger partial charge in [-0.3, -0.25) is 4.79 Å². The van der Waals surface area contributed by atoms with E-state index in [1.807, 2.05) is 0 Å². The van der Waals surface area contributed by atoms with Gasteiger partial charge in [0, 0.05) is 6.07 Å². The summed E-state index contributed by atoms with van der Waals surface area (Å²) in [4.78, 5) is 11.9. The van der Waals surface area contributed by atoms with Crippen LogP contribution in [0, 0.1) is 11.6 Å². The number of nitrogens with one attached hydrogen (secondary N) is 1. The second kappa shape index (κ2) is 6.28. The van der Waals surface area contributed by atoms with Crippen molar-refractivity contribution >= 4 is 40.5 Å². The van der Waals surface area contributed by atoms with Gasteiger partial charge in [0.1, 0.15) is 11.5 Å². The van der Waals surface area contributed by atoms with Gasteiger partial charge in [0.2, 0.25) is 5.91 Å². The molecule has 0 atom stereocenters. The van der Waals surface area contributed by atoms with Crippen molar-refractivity contribution in [3.63, 3.8) is 0 Å². The molecule has 0 fully saturated rings. The largest absolute Gasteiger partial charge is 0.397 e. The molecule has 0 spiro atoms. The molecule has 0 unspecified atom stereocenters. The van der Waals surface area contributed by atoms with Gasteiger partial charge < -0.3 is 11.1 Å². The number of benzene rings is 2. The van der Waals surface area contributed by atoms with Crippen LogP contribution in [0.4, 0.5) is 20.2 Å². The van der Waals surface area contributed by atoms with Gasteiger partial charge in [-0.25, -0.2) is 8.78 Å². The number of carbonyl (C=O) groups excluding carboxylic acids is 1. The summed E-state index contributed by atoms with van der Waals surface area (Å²) in [5.41, 5.74) is 5.64. The number of anilines is 2. The minimum absolute atomic E-state index is 0.0485. The van der Waals surface area contributed by atoms with Crippen LogP contribution >= 0.6 is 23.2 Å². The highest BCUT2D eigenvalue weighted by Crippen LogP contribution is 2.25. The van der Waals surface area contributed by atoms with Gasteiger partial charge >= 0.3 is 0 Å². The first kappa shape index (κ1) is 15.5. The van der Waals surface area contributed by atoms with Crippen molar-refractivity contribution in [2.45, 2.75) is 6.42 Å². The highest BCUT2D eigenvalue weighted by Gasteiger charge is 2.13. The fourth-order valence-corrected chi connectivity index (χ4v) is 2.06. The molecule has 110 valence electrons. The third kappa shape index (κ3) is 3.83. The van der Waals surface area contributed by atoms with Crippen LogP contribution < -0.4 is 11.1 Å². The Morgan fingerprint density at radius 2 is 1.86 bits per heavy atom. The number of amides is 1. The Balaban J connectivity index is 2.13. The van der Waals surface area contributed by atoms with E-state index in [-0.39, 0.29) is 17.8 Å². The lowest BCUT2D eigenvalue weighted by Crippen LogP contribution is -2.16. The molecule has 2 aromatic rings. The van der Waals surface area contributed by atoms with Crippen LogP contribution in [0.25, 0.3) is 0 Å². The number of hydrogen-bond donors (Lipinski definition) is 2. The first-order chi connectivity index (χ1) is 9.86. The van der Waals surface area contributed by atoms with Crippen LogP contribution in [-0.4, -0.2) is 5.91 Å². The maximum absolute atomic E-state index is 13.6. The van der Waals surface area contributed by atoms with E-state index in [9.17, 15) is 13.6 Å². The predicted octanol–water partition coefficient (Wildman–Crippen LogP) is 4.04. The van der Waals surface area contributed by atoms with Crippen molar-refractivity contribution in [2.75, 3.05) is 11.1 Å².